The number of alkyl carbamates (subject to hydrolysis) is 1. The van der Waals surface area contributed by atoms with Crippen molar-refractivity contribution in [1.82, 2.24) is 20.2 Å². The van der Waals surface area contributed by atoms with Crippen molar-refractivity contribution in [1.29, 1.82) is 0 Å². The maximum atomic E-state index is 15.4. The van der Waals surface area contributed by atoms with Crippen LogP contribution in [0.5, 0.6) is 11.6 Å². The summed E-state index contributed by atoms with van der Waals surface area (Å²) in [4.78, 5) is 50.6. The number of methoxy groups -OCH3 is 1. The number of hydrogen-bond donors (Lipinski definition) is 1. The molecule has 1 aromatic heterocycles. The summed E-state index contributed by atoms with van der Waals surface area (Å²) in [5.74, 6) is -3.91. The van der Waals surface area contributed by atoms with E-state index >= 15 is 8.78 Å². The molecule has 3 aliphatic heterocycles. The largest absolute Gasteiger partial charge is 0.497 e. The first-order chi connectivity index (χ1) is 20.9. The Balaban J connectivity index is 1.39. The van der Waals surface area contributed by atoms with Crippen LogP contribution in [0, 0.1) is 17.3 Å². The molecule has 1 aliphatic carbocycles. The molecule has 11 nitrogen and oxygen atoms in total. The minimum absolute atomic E-state index is 0.00188. The van der Waals surface area contributed by atoms with Crippen molar-refractivity contribution in [2.24, 2.45) is 17.3 Å². The highest BCUT2D eigenvalue weighted by Crippen LogP contribution is 2.41. The van der Waals surface area contributed by atoms with E-state index in [1.165, 1.54) is 18.9 Å². The predicted molar refractivity (Wildman–Crippen MR) is 153 cm³/mol. The molecule has 6 atom stereocenters. The van der Waals surface area contributed by atoms with E-state index in [4.69, 9.17) is 18.9 Å². The van der Waals surface area contributed by atoms with Crippen LogP contribution in [0.25, 0.3) is 11.0 Å². The summed E-state index contributed by atoms with van der Waals surface area (Å²) in [7, 11) is 1.51. The molecule has 2 aromatic rings. The predicted octanol–water partition coefficient (Wildman–Crippen LogP) is 3.70. The maximum Gasteiger partial charge on any atom is 0.408 e. The molecule has 6 rings (SSSR count). The average molecular weight is 617 g/mol. The van der Waals surface area contributed by atoms with Gasteiger partial charge in [0, 0.05) is 23.8 Å². The van der Waals surface area contributed by atoms with Crippen molar-refractivity contribution in [3.05, 3.63) is 23.9 Å². The Hall–Kier alpha value is -3.61. The molecule has 2 amide bonds. The van der Waals surface area contributed by atoms with E-state index < -0.39 is 60.0 Å². The van der Waals surface area contributed by atoms with Gasteiger partial charge in [-0.25, -0.2) is 23.5 Å². The summed E-state index contributed by atoms with van der Waals surface area (Å²) in [5, 5.41) is 2.75. The second-order valence-electron chi connectivity index (χ2n) is 13.0. The lowest BCUT2D eigenvalue weighted by molar-refractivity contribution is -0.158. The number of fused-ring (bicyclic) bond motifs is 5. The van der Waals surface area contributed by atoms with Crippen LogP contribution >= 0.6 is 0 Å². The zero-order chi connectivity index (χ0) is 31.4. The monoisotopic (exact) mass is 616 g/mol. The van der Waals surface area contributed by atoms with Crippen LogP contribution in [0.4, 0.5) is 13.6 Å². The van der Waals surface area contributed by atoms with E-state index in [1.807, 2.05) is 6.92 Å². The van der Waals surface area contributed by atoms with Crippen molar-refractivity contribution in [3.63, 3.8) is 0 Å². The first kappa shape index (κ1) is 30.4. The molecule has 4 heterocycles. The minimum Gasteiger partial charge on any atom is -0.497 e. The SMILES string of the molecule is COc1ccc2nc3c(nc2c1)O[C@H]1CN(C(=O)[C@H](C2(C)COC2)NC(=O)O[C@@H]2C[C@H]2CCCC(F)(F)C3)[C@H](C(C)=O)[C@@H]1C. The number of hydrogen-bond acceptors (Lipinski definition) is 9. The number of carbonyl (C=O) groups is 3. The molecule has 0 unspecified atom stereocenters. The Labute approximate surface area is 254 Å². The number of ketones is 1. The molecule has 3 fully saturated rings. The summed E-state index contributed by atoms with van der Waals surface area (Å²) in [6, 6.07) is 3.10. The number of rotatable bonds is 3. The fourth-order valence-electron chi connectivity index (χ4n) is 6.66. The molecule has 2 saturated heterocycles. The van der Waals surface area contributed by atoms with Crippen molar-refractivity contribution in [2.75, 3.05) is 26.9 Å². The van der Waals surface area contributed by atoms with Crippen molar-refractivity contribution >= 4 is 28.8 Å². The average Bonchev–Trinajstić information content (AvgIpc) is 3.59. The van der Waals surface area contributed by atoms with Crippen molar-refractivity contribution in [2.45, 2.75) is 83.1 Å². The summed E-state index contributed by atoms with van der Waals surface area (Å²) in [6.45, 7) is 5.48. The van der Waals surface area contributed by atoms with E-state index in [-0.39, 0.29) is 55.9 Å². The zero-order valence-corrected chi connectivity index (χ0v) is 25.3. The van der Waals surface area contributed by atoms with Crippen LogP contribution in [0.1, 0.15) is 52.1 Å². The lowest BCUT2D eigenvalue weighted by atomic mass is 9.79. The van der Waals surface area contributed by atoms with Crippen LogP contribution in [0.2, 0.25) is 0 Å². The van der Waals surface area contributed by atoms with E-state index in [0.717, 1.165) is 0 Å². The summed E-state index contributed by atoms with van der Waals surface area (Å²) in [6.07, 6.45) is -1.69. The van der Waals surface area contributed by atoms with Gasteiger partial charge in [0.15, 0.2) is 5.78 Å². The highest BCUT2D eigenvalue weighted by molar-refractivity contribution is 5.93. The fraction of sp³-hybridized carbons (Fsp3) is 0.645. The molecule has 0 radical (unpaired) electrons. The standard InChI is InChI=1S/C31H38F2N4O7/c1-16-24-13-37(25(16)17(2)38)28(39)26(30(3)14-42-15-30)36-29(40)44-23-10-18(23)6-5-9-31(32,33)12-22-27(43-24)35-21-11-19(41-4)7-8-20(21)34-22/h7-8,11,16,18,23-26H,5-6,9-10,12-15H2,1-4H3,(H,36,40)/t16-,18-,23-,24+,25+,26-/m1/s1. The van der Waals surface area contributed by atoms with E-state index in [2.05, 4.69) is 15.3 Å². The number of benzene rings is 1. The highest BCUT2D eigenvalue weighted by atomic mass is 19.3. The molecular weight excluding hydrogens is 578 g/mol. The van der Waals surface area contributed by atoms with Gasteiger partial charge in [0.2, 0.25) is 11.8 Å². The molecular formula is C31H38F2N4O7. The van der Waals surface area contributed by atoms with Gasteiger partial charge in [0.25, 0.3) is 5.92 Å². The van der Waals surface area contributed by atoms with Gasteiger partial charge in [-0.2, -0.15) is 0 Å². The molecule has 238 valence electrons. The number of ether oxygens (including phenoxy) is 4. The molecule has 2 bridgehead atoms. The van der Waals surface area contributed by atoms with Crippen LogP contribution in [0.15, 0.2) is 18.2 Å². The summed E-state index contributed by atoms with van der Waals surface area (Å²) < 4.78 is 53.4. The van der Waals surface area contributed by atoms with Crippen molar-refractivity contribution in [3.8, 4) is 11.6 Å². The number of aromatic nitrogens is 2. The lowest BCUT2D eigenvalue weighted by Crippen LogP contribution is -2.64. The van der Waals surface area contributed by atoms with Crippen LogP contribution in [-0.4, -0.2) is 89.7 Å². The maximum absolute atomic E-state index is 15.4. The quantitative estimate of drug-likeness (QED) is 0.549. The first-order valence-corrected chi connectivity index (χ1v) is 15.1. The third kappa shape index (κ3) is 5.90. The number of alkyl halides is 2. The highest BCUT2D eigenvalue weighted by Gasteiger charge is 2.53. The molecule has 1 aromatic carbocycles. The second kappa shape index (κ2) is 11.4. The molecule has 13 heteroatoms. The first-order valence-electron chi connectivity index (χ1n) is 15.1. The Morgan fingerprint density at radius 2 is 1.91 bits per heavy atom. The third-order valence-electron chi connectivity index (χ3n) is 9.40. The van der Waals surface area contributed by atoms with Crippen LogP contribution < -0.4 is 14.8 Å². The molecule has 1 saturated carbocycles. The van der Waals surface area contributed by atoms with Crippen molar-refractivity contribution < 1.29 is 42.1 Å². The van der Waals surface area contributed by atoms with Gasteiger partial charge in [-0.3, -0.25) is 9.59 Å². The molecule has 44 heavy (non-hydrogen) atoms. The lowest BCUT2D eigenvalue weighted by Gasteiger charge is -2.45. The topological polar surface area (TPSA) is 129 Å². The molecule has 4 aliphatic rings. The van der Waals surface area contributed by atoms with Gasteiger partial charge in [-0.15, -0.1) is 0 Å². The third-order valence-corrected chi connectivity index (χ3v) is 9.40. The number of amides is 2. The Bertz CT molecular complexity index is 1470. The number of halogens is 2. The normalized spacial score (nSPS) is 31.6. The van der Waals surface area contributed by atoms with Gasteiger partial charge in [-0.05, 0) is 44.2 Å². The van der Waals surface area contributed by atoms with Gasteiger partial charge >= 0.3 is 6.09 Å². The summed E-state index contributed by atoms with van der Waals surface area (Å²) in [5.41, 5.74) is 0.111. The van der Waals surface area contributed by atoms with Gasteiger partial charge < -0.3 is 29.2 Å². The minimum atomic E-state index is -3.10. The Kier molecular flexibility index (Phi) is 7.87. The Morgan fingerprint density at radius 1 is 1.14 bits per heavy atom. The Morgan fingerprint density at radius 3 is 2.59 bits per heavy atom. The van der Waals surface area contributed by atoms with E-state index in [0.29, 0.717) is 29.6 Å². The van der Waals surface area contributed by atoms with Gasteiger partial charge in [0.1, 0.15) is 29.7 Å². The second-order valence-corrected chi connectivity index (χ2v) is 13.0. The van der Waals surface area contributed by atoms with Gasteiger partial charge in [0.05, 0.1) is 50.4 Å². The zero-order valence-electron chi connectivity index (χ0n) is 25.3. The smallest absolute Gasteiger partial charge is 0.408 e. The number of Topliss-reactive ketones (excluding diaryl/α,β-unsaturated/α-hetero) is 1. The number of nitrogens with one attached hydrogen (secondary N) is 1. The molecule has 0 spiro atoms. The summed E-state index contributed by atoms with van der Waals surface area (Å²) >= 11 is 0. The number of nitrogens with zero attached hydrogens (tertiary/aromatic N) is 3. The van der Waals surface area contributed by atoms with Crippen LogP contribution in [0.3, 0.4) is 0 Å². The van der Waals surface area contributed by atoms with E-state index in [1.54, 1.807) is 25.1 Å². The number of carbonyl (C=O) groups excluding carboxylic acids is 3. The fourth-order valence-corrected chi connectivity index (χ4v) is 6.66. The molecule has 1 N–H and O–H groups in total. The van der Waals surface area contributed by atoms with Crippen LogP contribution in [-0.2, 0) is 25.5 Å². The van der Waals surface area contributed by atoms with E-state index in [9.17, 15) is 14.4 Å². The van der Waals surface area contributed by atoms with Gasteiger partial charge in [-0.1, -0.05) is 13.8 Å².